The van der Waals surface area contributed by atoms with Crippen LogP contribution in [-0.4, -0.2) is 59.7 Å². The van der Waals surface area contributed by atoms with Gasteiger partial charge >= 0.3 is 0 Å². The zero-order chi connectivity index (χ0) is 23.7. The lowest BCUT2D eigenvalue weighted by Gasteiger charge is -2.34. The van der Waals surface area contributed by atoms with E-state index in [1.807, 2.05) is 12.1 Å². The first-order valence-corrected chi connectivity index (χ1v) is 12.6. The molecule has 172 valence electrons. The molecule has 0 bridgehead atoms. The second-order valence-corrected chi connectivity index (χ2v) is 10.3. The minimum atomic E-state index is -3.60. The van der Waals surface area contributed by atoms with Crippen molar-refractivity contribution in [3.63, 3.8) is 0 Å². The molecular formula is C25H21ClN4O3S. The van der Waals surface area contributed by atoms with Crippen LogP contribution in [0.5, 0.6) is 0 Å². The van der Waals surface area contributed by atoms with Crippen molar-refractivity contribution < 1.29 is 13.2 Å². The van der Waals surface area contributed by atoms with Crippen LogP contribution in [0.4, 0.5) is 0 Å². The number of aromatic nitrogens is 2. The van der Waals surface area contributed by atoms with E-state index in [0.29, 0.717) is 40.3 Å². The van der Waals surface area contributed by atoms with E-state index in [0.717, 1.165) is 5.56 Å². The third kappa shape index (κ3) is 4.27. The molecular weight excluding hydrogens is 472 g/mol. The summed E-state index contributed by atoms with van der Waals surface area (Å²) in [6, 6.07) is 19.1. The van der Waals surface area contributed by atoms with E-state index in [1.165, 1.54) is 4.31 Å². The van der Waals surface area contributed by atoms with Crippen molar-refractivity contribution >= 4 is 38.4 Å². The van der Waals surface area contributed by atoms with Gasteiger partial charge in [-0.05, 0) is 48.5 Å². The Morgan fingerprint density at radius 2 is 1.59 bits per heavy atom. The fourth-order valence-electron chi connectivity index (χ4n) is 4.09. The molecule has 2 aromatic carbocycles. The van der Waals surface area contributed by atoms with Crippen LogP contribution in [0.15, 0.2) is 84.0 Å². The van der Waals surface area contributed by atoms with Crippen molar-refractivity contribution in [1.82, 2.24) is 19.2 Å². The Kier molecular flexibility index (Phi) is 6.03. The van der Waals surface area contributed by atoms with Gasteiger partial charge < -0.3 is 4.90 Å². The van der Waals surface area contributed by atoms with Gasteiger partial charge in [0.25, 0.3) is 5.91 Å². The maximum Gasteiger partial charge on any atom is 0.254 e. The number of nitrogens with zero attached hydrogens (tertiary/aromatic N) is 4. The van der Waals surface area contributed by atoms with Crippen molar-refractivity contribution in [2.45, 2.75) is 4.90 Å². The first-order chi connectivity index (χ1) is 16.4. The van der Waals surface area contributed by atoms with E-state index < -0.39 is 10.0 Å². The Morgan fingerprint density at radius 1 is 0.882 bits per heavy atom. The average molecular weight is 493 g/mol. The standard InChI is InChI=1S/C25H21ClN4O3S/c26-19-6-7-23-21(16-19)22(17-24(28-23)18-8-10-27-11-9-18)25(31)29-12-14-30(15-13-29)34(32,33)20-4-2-1-3-5-20/h1-11,16-17H,12-15H2. The Labute approximate surface area is 202 Å². The highest BCUT2D eigenvalue weighted by Crippen LogP contribution is 2.28. The molecule has 1 aliphatic heterocycles. The van der Waals surface area contributed by atoms with E-state index in [9.17, 15) is 13.2 Å². The Balaban J connectivity index is 1.44. The summed E-state index contributed by atoms with van der Waals surface area (Å²) in [4.78, 5) is 24.3. The summed E-state index contributed by atoms with van der Waals surface area (Å²) in [5.74, 6) is -0.179. The quantitative estimate of drug-likeness (QED) is 0.428. The third-order valence-electron chi connectivity index (χ3n) is 5.88. The largest absolute Gasteiger partial charge is 0.336 e. The minimum Gasteiger partial charge on any atom is -0.336 e. The van der Waals surface area contributed by atoms with Gasteiger partial charge in [-0.25, -0.2) is 13.4 Å². The Morgan fingerprint density at radius 3 is 2.29 bits per heavy atom. The van der Waals surface area contributed by atoms with Crippen LogP contribution in [0.25, 0.3) is 22.2 Å². The molecule has 1 fully saturated rings. The van der Waals surface area contributed by atoms with Crippen molar-refractivity contribution in [3.05, 3.63) is 89.7 Å². The summed E-state index contributed by atoms with van der Waals surface area (Å²) in [6.07, 6.45) is 3.36. The summed E-state index contributed by atoms with van der Waals surface area (Å²) in [5.41, 5.74) is 2.65. The van der Waals surface area contributed by atoms with Gasteiger partial charge in [-0.3, -0.25) is 9.78 Å². The second kappa shape index (κ2) is 9.13. The number of carbonyl (C=O) groups is 1. The molecule has 1 amide bonds. The highest BCUT2D eigenvalue weighted by atomic mass is 35.5. The molecule has 0 unspecified atom stereocenters. The number of sulfonamides is 1. The molecule has 7 nitrogen and oxygen atoms in total. The minimum absolute atomic E-state index is 0.179. The lowest BCUT2D eigenvalue weighted by Crippen LogP contribution is -2.50. The van der Waals surface area contributed by atoms with Gasteiger partial charge in [-0.2, -0.15) is 4.31 Å². The van der Waals surface area contributed by atoms with Gasteiger partial charge in [0, 0.05) is 54.5 Å². The summed E-state index contributed by atoms with van der Waals surface area (Å²) in [6.45, 7) is 1.04. The Bertz CT molecular complexity index is 1460. The van der Waals surface area contributed by atoms with Crippen molar-refractivity contribution in [3.8, 4) is 11.3 Å². The summed E-state index contributed by atoms with van der Waals surface area (Å²) in [5, 5.41) is 1.17. The SMILES string of the molecule is O=C(c1cc(-c2ccncc2)nc2ccc(Cl)cc12)N1CCN(S(=O)(=O)c2ccccc2)CC1. The lowest BCUT2D eigenvalue weighted by atomic mass is 10.0. The predicted octanol–water partition coefficient (Wildman–Crippen LogP) is 4.10. The lowest BCUT2D eigenvalue weighted by molar-refractivity contribution is 0.0700. The number of hydrogen-bond acceptors (Lipinski definition) is 5. The van der Waals surface area contributed by atoms with E-state index >= 15 is 0 Å². The number of hydrogen-bond donors (Lipinski definition) is 0. The van der Waals surface area contributed by atoms with Gasteiger partial charge in [0.2, 0.25) is 10.0 Å². The first kappa shape index (κ1) is 22.5. The Hall–Kier alpha value is -3.33. The van der Waals surface area contributed by atoms with Crippen molar-refractivity contribution in [2.24, 2.45) is 0 Å². The van der Waals surface area contributed by atoms with E-state index in [1.54, 1.807) is 71.9 Å². The fourth-order valence-corrected chi connectivity index (χ4v) is 5.70. The van der Waals surface area contributed by atoms with Crippen LogP contribution in [0.1, 0.15) is 10.4 Å². The molecule has 1 saturated heterocycles. The van der Waals surface area contributed by atoms with Crippen LogP contribution in [0, 0.1) is 0 Å². The predicted molar refractivity (Wildman–Crippen MR) is 131 cm³/mol. The number of fused-ring (bicyclic) bond motifs is 1. The second-order valence-electron chi connectivity index (χ2n) is 7.96. The fraction of sp³-hybridized carbons (Fsp3) is 0.160. The van der Waals surface area contributed by atoms with Crippen molar-refractivity contribution in [1.29, 1.82) is 0 Å². The van der Waals surface area contributed by atoms with Gasteiger partial charge in [0.15, 0.2) is 0 Å². The highest BCUT2D eigenvalue weighted by Gasteiger charge is 2.31. The number of pyridine rings is 2. The van der Waals surface area contributed by atoms with Crippen LogP contribution >= 0.6 is 11.6 Å². The smallest absolute Gasteiger partial charge is 0.254 e. The molecule has 2 aromatic heterocycles. The molecule has 0 spiro atoms. The van der Waals surface area contributed by atoms with E-state index in [2.05, 4.69) is 4.98 Å². The topological polar surface area (TPSA) is 83.5 Å². The number of piperazine rings is 1. The van der Waals surface area contributed by atoms with Crippen molar-refractivity contribution in [2.75, 3.05) is 26.2 Å². The molecule has 5 rings (SSSR count). The number of rotatable bonds is 4. The van der Waals surface area contributed by atoms with Crippen LogP contribution in [0.3, 0.4) is 0 Å². The summed E-state index contributed by atoms with van der Waals surface area (Å²) < 4.78 is 27.3. The van der Waals surface area contributed by atoms with Gasteiger partial charge in [0.1, 0.15) is 0 Å². The van der Waals surface area contributed by atoms with Gasteiger partial charge in [-0.15, -0.1) is 0 Å². The van der Waals surface area contributed by atoms with E-state index in [4.69, 9.17) is 16.6 Å². The number of halogens is 1. The molecule has 1 aliphatic rings. The summed E-state index contributed by atoms with van der Waals surface area (Å²) >= 11 is 6.23. The van der Waals surface area contributed by atoms with Crippen LogP contribution < -0.4 is 0 Å². The molecule has 9 heteroatoms. The maximum absolute atomic E-state index is 13.6. The first-order valence-electron chi connectivity index (χ1n) is 10.8. The molecule has 34 heavy (non-hydrogen) atoms. The van der Waals surface area contributed by atoms with Gasteiger partial charge in [0.05, 0.1) is 21.7 Å². The highest BCUT2D eigenvalue weighted by molar-refractivity contribution is 7.89. The molecule has 3 heterocycles. The molecule has 0 radical (unpaired) electrons. The monoisotopic (exact) mass is 492 g/mol. The van der Waals surface area contributed by atoms with E-state index in [-0.39, 0.29) is 23.9 Å². The maximum atomic E-state index is 13.6. The number of carbonyl (C=O) groups excluding carboxylic acids is 1. The zero-order valence-corrected chi connectivity index (χ0v) is 19.7. The van der Waals surface area contributed by atoms with Crippen LogP contribution in [0.2, 0.25) is 5.02 Å². The number of benzene rings is 2. The normalized spacial score (nSPS) is 14.9. The summed E-state index contributed by atoms with van der Waals surface area (Å²) in [7, 11) is -3.60. The zero-order valence-electron chi connectivity index (χ0n) is 18.1. The van der Waals surface area contributed by atoms with Gasteiger partial charge in [-0.1, -0.05) is 29.8 Å². The molecule has 0 aliphatic carbocycles. The molecule has 0 atom stereocenters. The molecule has 4 aromatic rings. The average Bonchev–Trinajstić information content (AvgIpc) is 2.89. The number of amides is 1. The third-order valence-corrected chi connectivity index (χ3v) is 8.03. The van der Waals surface area contributed by atoms with Crippen LogP contribution in [-0.2, 0) is 10.0 Å². The molecule has 0 N–H and O–H groups in total. The molecule has 0 saturated carbocycles.